The van der Waals surface area contributed by atoms with Crippen LogP contribution in [0.1, 0.15) is 75.5 Å². The molecule has 0 bridgehead atoms. The van der Waals surface area contributed by atoms with Crippen molar-refractivity contribution in [2.75, 3.05) is 19.8 Å². The summed E-state index contributed by atoms with van der Waals surface area (Å²) in [7, 11) is 0. The fourth-order valence-electron chi connectivity index (χ4n) is 4.63. The molecule has 3 unspecified atom stereocenters. The smallest absolute Gasteiger partial charge is 0.308 e. The maximum absolute atomic E-state index is 13.7. The average molecular weight is 529 g/mol. The minimum Gasteiger partial charge on any atom is -0.466 e. The third kappa shape index (κ3) is 9.31. The Morgan fingerprint density at radius 2 is 1.95 bits per heavy atom. The molecule has 0 aliphatic carbocycles. The fraction of sp³-hybridized carbons (Fsp3) is 0.516. The minimum absolute atomic E-state index is 0.0108. The Balaban J connectivity index is 1.84. The predicted molar refractivity (Wildman–Crippen MR) is 146 cm³/mol. The van der Waals surface area contributed by atoms with Crippen LogP contribution < -0.4 is 0 Å². The van der Waals surface area contributed by atoms with E-state index in [1.165, 1.54) is 12.1 Å². The van der Waals surface area contributed by atoms with Gasteiger partial charge >= 0.3 is 5.97 Å². The third-order valence-corrected chi connectivity index (χ3v) is 6.59. The number of aliphatic hydroxyl groups excluding tert-OH is 2. The van der Waals surface area contributed by atoms with Crippen molar-refractivity contribution in [3.05, 3.63) is 65.0 Å². The van der Waals surface area contributed by atoms with Gasteiger partial charge in [-0.2, -0.15) is 0 Å². The standard InChI is InChI=1S/C31H41FO6/c1-4-36-30(35)20-26(34)19-25(33)12-13-27-28(21(2)3)17-22(14-16-38-31-7-5-6-15-37-31)18-29(27)23-8-10-24(32)11-9-23/h8-13,17-18,21,25-26,31,33-34H,4-7,14-16,19-20H2,1-3H3/b13-12+. The van der Waals surface area contributed by atoms with E-state index in [1.54, 1.807) is 25.1 Å². The molecule has 0 spiro atoms. The van der Waals surface area contributed by atoms with Gasteiger partial charge in [0.15, 0.2) is 6.29 Å². The van der Waals surface area contributed by atoms with Crippen LogP contribution >= 0.6 is 0 Å². The summed E-state index contributed by atoms with van der Waals surface area (Å²) in [4.78, 5) is 11.6. The molecule has 0 aromatic heterocycles. The zero-order chi connectivity index (χ0) is 27.5. The Hall–Kier alpha value is -2.58. The maximum atomic E-state index is 13.7. The molecule has 2 N–H and O–H groups in total. The molecule has 1 heterocycles. The van der Waals surface area contributed by atoms with Gasteiger partial charge in [0.25, 0.3) is 0 Å². The second kappa shape index (κ2) is 15.1. The van der Waals surface area contributed by atoms with E-state index >= 15 is 0 Å². The zero-order valence-corrected chi connectivity index (χ0v) is 22.7. The number of carbonyl (C=O) groups is 1. The Morgan fingerprint density at radius 1 is 1.18 bits per heavy atom. The van der Waals surface area contributed by atoms with Gasteiger partial charge < -0.3 is 24.4 Å². The lowest BCUT2D eigenvalue weighted by atomic mass is 9.87. The lowest BCUT2D eigenvalue weighted by Gasteiger charge is -2.23. The number of hydrogen-bond donors (Lipinski definition) is 2. The summed E-state index contributed by atoms with van der Waals surface area (Å²) in [5.74, 6) is -0.618. The number of hydrogen-bond acceptors (Lipinski definition) is 6. The maximum Gasteiger partial charge on any atom is 0.308 e. The van der Waals surface area contributed by atoms with E-state index in [0.717, 1.165) is 53.7 Å². The van der Waals surface area contributed by atoms with Crippen molar-refractivity contribution in [3.8, 4) is 11.1 Å². The van der Waals surface area contributed by atoms with Crippen molar-refractivity contribution >= 4 is 12.0 Å². The quantitative estimate of drug-likeness (QED) is 0.321. The molecular weight excluding hydrogens is 487 g/mol. The fourth-order valence-corrected chi connectivity index (χ4v) is 4.63. The van der Waals surface area contributed by atoms with Crippen LogP contribution in [0, 0.1) is 5.82 Å². The van der Waals surface area contributed by atoms with E-state index in [4.69, 9.17) is 14.2 Å². The summed E-state index contributed by atoms with van der Waals surface area (Å²) in [6, 6.07) is 10.6. The van der Waals surface area contributed by atoms with Gasteiger partial charge in [0.1, 0.15) is 5.82 Å². The van der Waals surface area contributed by atoms with Gasteiger partial charge in [0.05, 0.1) is 31.8 Å². The molecule has 0 radical (unpaired) electrons. The number of rotatable bonds is 13. The molecule has 0 saturated carbocycles. The Labute approximate surface area is 225 Å². The molecule has 1 saturated heterocycles. The highest BCUT2D eigenvalue weighted by molar-refractivity contribution is 5.78. The first kappa shape index (κ1) is 30.0. The largest absolute Gasteiger partial charge is 0.466 e. The van der Waals surface area contributed by atoms with Crippen LogP contribution in [-0.2, 0) is 25.4 Å². The highest BCUT2D eigenvalue weighted by Gasteiger charge is 2.18. The molecule has 38 heavy (non-hydrogen) atoms. The van der Waals surface area contributed by atoms with Gasteiger partial charge in [-0.05, 0) is 78.5 Å². The van der Waals surface area contributed by atoms with Crippen molar-refractivity contribution < 1.29 is 33.6 Å². The van der Waals surface area contributed by atoms with Crippen LogP contribution in [0.2, 0.25) is 0 Å². The van der Waals surface area contributed by atoms with Crippen LogP contribution in [0.5, 0.6) is 0 Å². The summed E-state index contributed by atoms with van der Waals surface area (Å²) in [6.45, 7) is 7.44. The lowest BCUT2D eigenvalue weighted by Crippen LogP contribution is -2.23. The van der Waals surface area contributed by atoms with Gasteiger partial charge in [0.2, 0.25) is 0 Å². The first-order chi connectivity index (χ1) is 18.3. The molecule has 6 nitrogen and oxygen atoms in total. The molecule has 3 atom stereocenters. The van der Waals surface area contributed by atoms with Gasteiger partial charge in [-0.15, -0.1) is 0 Å². The molecular formula is C31H41FO6. The Bertz CT molecular complexity index is 1040. The molecule has 0 amide bonds. The summed E-state index contributed by atoms with van der Waals surface area (Å²) in [5, 5.41) is 20.7. The van der Waals surface area contributed by atoms with Crippen LogP contribution in [-0.4, -0.2) is 54.5 Å². The van der Waals surface area contributed by atoms with Gasteiger partial charge in [-0.1, -0.05) is 50.3 Å². The second-order valence-electron chi connectivity index (χ2n) is 10.0. The normalized spacial score (nSPS) is 17.6. The van der Waals surface area contributed by atoms with Crippen molar-refractivity contribution in [2.24, 2.45) is 0 Å². The number of aliphatic hydroxyl groups is 2. The van der Waals surface area contributed by atoms with Crippen LogP contribution in [0.15, 0.2) is 42.5 Å². The minimum atomic E-state index is -1.01. The van der Waals surface area contributed by atoms with E-state index in [1.807, 2.05) is 6.08 Å². The van der Waals surface area contributed by atoms with Crippen LogP contribution in [0.3, 0.4) is 0 Å². The van der Waals surface area contributed by atoms with Crippen LogP contribution in [0.25, 0.3) is 17.2 Å². The van der Waals surface area contributed by atoms with Crippen LogP contribution in [0.4, 0.5) is 4.39 Å². The van der Waals surface area contributed by atoms with E-state index in [9.17, 15) is 19.4 Å². The number of esters is 1. The Morgan fingerprint density at radius 3 is 2.61 bits per heavy atom. The van der Waals surface area contributed by atoms with E-state index in [0.29, 0.717) is 13.0 Å². The van der Waals surface area contributed by atoms with Gasteiger partial charge in [0, 0.05) is 13.0 Å². The molecule has 1 aliphatic heterocycles. The summed E-state index contributed by atoms with van der Waals surface area (Å²) in [6.07, 6.45) is 5.03. The topological polar surface area (TPSA) is 85.2 Å². The summed E-state index contributed by atoms with van der Waals surface area (Å²) >= 11 is 0. The first-order valence-corrected chi connectivity index (χ1v) is 13.6. The number of ether oxygens (including phenoxy) is 3. The van der Waals surface area contributed by atoms with Crippen molar-refractivity contribution in [1.82, 2.24) is 0 Å². The third-order valence-electron chi connectivity index (χ3n) is 6.59. The monoisotopic (exact) mass is 528 g/mol. The van der Waals surface area contributed by atoms with Gasteiger partial charge in [-0.25, -0.2) is 4.39 Å². The second-order valence-corrected chi connectivity index (χ2v) is 10.0. The van der Waals surface area contributed by atoms with E-state index < -0.39 is 18.2 Å². The zero-order valence-electron chi connectivity index (χ0n) is 22.7. The summed E-state index contributed by atoms with van der Waals surface area (Å²) in [5.41, 5.74) is 4.90. The number of carbonyl (C=O) groups excluding carboxylic acids is 1. The number of halogens is 1. The predicted octanol–water partition coefficient (Wildman–Crippen LogP) is 5.78. The molecule has 2 aromatic rings. The van der Waals surface area contributed by atoms with Crippen molar-refractivity contribution in [3.63, 3.8) is 0 Å². The Kier molecular flexibility index (Phi) is 11.9. The summed E-state index contributed by atoms with van der Waals surface area (Å²) < 4.78 is 30.2. The number of benzene rings is 2. The van der Waals surface area contributed by atoms with E-state index in [-0.39, 0.29) is 37.5 Å². The molecule has 2 aromatic carbocycles. The molecule has 1 aliphatic rings. The molecule has 1 fully saturated rings. The average Bonchev–Trinajstić information content (AvgIpc) is 2.88. The SMILES string of the molecule is CCOC(=O)CC(O)CC(O)/C=C/c1c(-c2ccc(F)cc2)cc(CCOC2CCCCO2)cc1C(C)C. The van der Waals surface area contributed by atoms with E-state index in [2.05, 4.69) is 26.0 Å². The van der Waals surface area contributed by atoms with Gasteiger partial charge in [-0.3, -0.25) is 4.79 Å². The molecule has 3 rings (SSSR count). The highest BCUT2D eigenvalue weighted by Crippen LogP contribution is 2.34. The lowest BCUT2D eigenvalue weighted by molar-refractivity contribution is -0.161. The first-order valence-electron chi connectivity index (χ1n) is 13.6. The highest BCUT2D eigenvalue weighted by atomic mass is 19.1. The molecule has 208 valence electrons. The molecule has 7 heteroatoms. The van der Waals surface area contributed by atoms with Crippen molar-refractivity contribution in [2.45, 2.75) is 83.7 Å². The van der Waals surface area contributed by atoms with Crippen molar-refractivity contribution in [1.29, 1.82) is 0 Å².